The highest BCUT2D eigenvalue weighted by Crippen LogP contribution is 2.58. The fraction of sp³-hybridized carbons (Fsp3) is 0.500. The second-order valence-electron chi connectivity index (χ2n) is 11.0. The van der Waals surface area contributed by atoms with Crippen LogP contribution in [0.2, 0.25) is 0 Å². The van der Waals surface area contributed by atoms with Gasteiger partial charge in [-0.25, -0.2) is 24.1 Å². The van der Waals surface area contributed by atoms with Crippen molar-refractivity contribution >= 4 is 40.6 Å². The normalized spacial score (nSPS) is 25.2. The van der Waals surface area contributed by atoms with E-state index in [2.05, 4.69) is 25.6 Å². The summed E-state index contributed by atoms with van der Waals surface area (Å²) in [5.41, 5.74) is -1.56. The number of nitrogens with zero attached hydrogens (tertiary/aromatic N) is 7. The molecule has 3 aromatic heterocycles. The standard InChI is InChI=1S/C26H30FN9O5S/c1-13(36-12-30-20-19(36)23(39)35(25(40)33(20)3)7-15(37)10-41-4)21(38)31-18-11-42-22(32-18)14-5-28-24(29-6-14)34-8-16-17(9-34)26(16,2)27/h5-6,11-13,16-17,22,32H,7-10H2,1-4H3,(H,31,38)/t13-,16?,17?,22?,26?/m0/s1. The van der Waals surface area contributed by atoms with Crippen LogP contribution in [0, 0.1) is 11.8 Å². The van der Waals surface area contributed by atoms with E-state index in [4.69, 9.17) is 4.74 Å². The van der Waals surface area contributed by atoms with E-state index in [9.17, 15) is 23.6 Å². The van der Waals surface area contributed by atoms with Gasteiger partial charge in [-0.1, -0.05) is 0 Å². The minimum absolute atomic E-state index is 0.0225. The van der Waals surface area contributed by atoms with Gasteiger partial charge in [0, 0.05) is 62.4 Å². The lowest BCUT2D eigenvalue weighted by molar-refractivity contribution is -0.124. The van der Waals surface area contributed by atoms with Crippen molar-refractivity contribution in [1.29, 1.82) is 0 Å². The Morgan fingerprint density at radius 1 is 1.24 bits per heavy atom. The molecule has 0 bridgehead atoms. The Balaban J connectivity index is 1.12. The summed E-state index contributed by atoms with van der Waals surface area (Å²) in [5, 5.41) is 7.58. The van der Waals surface area contributed by atoms with Crippen molar-refractivity contribution in [3.05, 3.63) is 56.4 Å². The number of methoxy groups -OCH3 is 1. The number of Topliss-reactive ketones (excluding diaryl/α,β-unsaturated/α-hetero) is 1. The van der Waals surface area contributed by atoms with E-state index in [0.717, 1.165) is 14.7 Å². The molecule has 3 aliphatic rings. The number of hydrogen-bond acceptors (Lipinski definition) is 11. The summed E-state index contributed by atoms with van der Waals surface area (Å²) >= 11 is 1.44. The third kappa shape index (κ3) is 4.67. The van der Waals surface area contributed by atoms with Gasteiger partial charge >= 0.3 is 5.69 Å². The number of ketones is 1. The molecule has 222 valence electrons. The molecule has 3 unspecified atom stereocenters. The molecule has 1 amide bonds. The van der Waals surface area contributed by atoms with Crippen LogP contribution in [0.1, 0.15) is 30.8 Å². The zero-order valence-electron chi connectivity index (χ0n) is 23.4. The topological polar surface area (TPSA) is 158 Å². The largest absolute Gasteiger partial charge is 0.377 e. The number of halogens is 1. The lowest BCUT2D eigenvalue weighted by atomic mass is 10.2. The van der Waals surface area contributed by atoms with Gasteiger partial charge in [0.15, 0.2) is 16.9 Å². The van der Waals surface area contributed by atoms with Crippen molar-refractivity contribution < 1.29 is 18.7 Å². The number of anilines is 1. The van der Waals surface area contributed by atoms with Gasteiger partial charge in [-0.05, 0) is 13.8 Å². The van der Waals surface area contributed by atoms with Crippen LogP contribution in [0.25, 0.3) is 11.2 Å². The van der Waals surface area contributed by atoms with Gasteiger partial charge in [0.1, 0.15) is 29.5 Å². The first-order chi connectivity index (χ1) is 20.0. The fourth-order valence-corrected chi connectivity index (χ4v) is 6.53. The van der Waals surface area contributed by atoms with Crippen molar-refractivity contribution in [2.24, 2.45) is 18.9 Å². The maximum atomic E-state index is 14.2. The fourth-order valence-electron chi connectivity index (χ4n) is 5.65. The summed E-state index contributed by atoms with van der Waals surface area (Å²) in [4.78, 5) is 66.4. The number of imidazole rings is 1. The predicted molar refractivity (Wildman–Crippen MR) is 151 cm³/mol. The van der Waals surface area contributed by atoms with Gasteiger partial charge in [-0.3, -0.25) is 23.5 Å². The van der Waals surface area contributed by atoms with E-state index in [0.29, 0.717) is 24.9 Å². The van der Waals surface area contributed by atoms with E-state index < -0.39 is 41.2 Å². The summed E-state index contributed by atoms with van der Waals surface area (Å²) in [5.74, 6) is 0.257. The zero-order chi connectivity index (χ0) is 29.9. The van der Waals surface area contributed by atoms with E-state index >= 15 is 0 Å². The maximum absolute atomic E-state index is 14.2. The summed E-state index contributed by atoms with van der Waals surface area (Å²) < 4.78 is 22.3. The molecule has 5 heterocycles. The smallest absolute Gasteiger partial charge is 0.332 e. The number of aryl methyl sites for hydroxylation is 1. The molecule has 1 saturated carbocycles. The lowest BCUT2D eigenvalue weighted by Gasteiger charge is -2.21. The number of hydrogen-bond donors (Lipinski definition) is 2. The second kappa shape index (κ2) is 10.3. The summed E-state index contributed by atoms with van der Waals surface area (Å²) in [7, 11) is 2.79. The number of ether oxygens (including phenoxy) is 1. The number of fused-ring (bicyclic) bond motifs is 2. The number of amides is 1. The Kier molecular flexibility index (Phi) is 6.92. The molecule has 16 heteroatoms. The van der Waals surface area contributed by atoms with Gasteiger partial charge in [0.2, 0.25) is 11.9 Å². The van der Waals surface area contributed by atoms with E-state index in [1.165, 1.54) is 36.8 Å². The molecular weight excluding hydrogens is 569 g/mol. The Morgan fingerprint density at radius 3 is 2.60 bits per heavy atom. The number of aromatic nitrogens is 6. The molecule has 0 spiro atoms. The van der Waals surface area contributed by atoms with Crippen molar-refractivity contribution in [3.63, 3.8) is 0 Å². The molecule has 4 atom stereocenters. The highest BCUT2D eigenvalue weighted by molar-refractivity contribution is 8.02. The molecule has 0 radical (unpaired) electrons. The van der Waals surface area contributed by atoms with Crippen molar-refractivity contribution in [2.45, 2.75) is 37.5 Å². The first kappa shape index (κ1) is 28.1. The third-order valence-corrected chi connectivity index (χ3v) is 9.30. The van der Waals surface area contributed by atoms with Gasteiger partial charge in [0.05, 0.1) is 12.9 Å². The number of nitrogens with one attached hydrogen (secondary N) is 2. The Labute approximate surface area is 243 Å². The predicted octanol–water partition coefficient (Wildman–Crippen LogP) is 0.208. The number of piperidine rings is 1. The minimum atomic E-state index is -1.07. The molecule has 1 saturated heterocycles. The Bertz CT molecular complexity index is 1720. The van der Waals surface area contributed by atoms with Crippen molar-refractivity contribution in [2.75, 3.05) is 31.7 Å². The molecule has 3 aromatic rings. The van der Waals surface area contributed by atoms with Crippen molar-refractivity contribution in [1.82, 2.24) is 39.3 Å². The molecule has 42 heavy (non-hydrogen) atoms. The average molecular weight is 600 g/mol. The van der Waals surface area contributed by atoms with Gasteiger partial charge in [-0.15, -0.1) is 11.8 Å². The van der Waals surface area contributed by atoms with Gasteiger partial charge in [0.25, 0.3) is 5.56 Å². The monoisotopic (exact) mass is 599 g/mol. The minimum Gasteiger partial charge on any atom is -0.377 e. The summed E-state index contributed by atoms with van der Waals surface area (Å²) in [6.07, 6.45) is 4.76. The average Bonchev–Trinajstić information content (AvgIpc) is 3.55. The van der Waals surface area contributed by atoms with Crippen LogP contribution >= 0.6 is 11.8 Å². The zero-order valence-corrected chi connectivity index (χ0v) is 24.2. The molecular formula is C26H30FN9O5S. The number of carbonyl (C=O) groups excluding carboxylic acids is 2. The molecule has 14 nitrogen and oxygen atoms in total. The van der Waals surface area contributed by atoms with E-state index in [-0.39, 0.29) is 35.0 Å². The first-order valence-corrected chi connectivity index (χ1v) is 14.3. The number of alkyl halides is 1. The number of thioether (sulfide) groups is 1. The van der Waals surface area contributed by atoms with Crippen LogP contribution in [0.3, 0.4) is 0 Å². The van der Waals surface area contributed by atoms with E-state index in [1.807, 2.05) is 4.90 Å². The third-order valence-electron chi connectivity index (χ3n) is 8.27. The molecule has 2 N–H and O–H groups in total. The molecule has 2 fully saturated rings. The van der Waals surface area contributed by atoms with Crippen molar-refractivity contribution in [3.8, 4) is 0 Å². The Hall–Kier alpha value is -4.05. The quantitative estimate of drug-likeness (QED) is 0.346. The molecule has 0 aromatic carbocycles. The van der Waals surface area contributed by atoms with Crippen LogP contribution in [-0.4, -0.2) is 72.8 Å². The van der Waals surface area contributed by atoms with Crippen LogP contribution < -0.4 is 26.8 Å². The van der Waals surface area contributed by atoms with Crippen LogP contribution in [0.15, 0.2) is 39.5 Å². The SMILES string of the molecule is COCC(=O)Cn1c(=O)c2c(ncn2[C@@H](C)C(=O)NC2=CSC(c3cnc(N4CC5C(C4)C5(C)F)nc3)N2)n(C)c1=O. The first-order valence-electron chi connectivity index (χ1n) is 13.4. The molecule has 2 aliphatic heterocycles. The van der Waals surface area contributed by atoms with Gasteiger partial charge in [-0.2, -0.15) is 0 Å². The number of rotatable bonds is 9. The maximum Gasteiger partial charge on any atom is 0.332 e. The van der Waals surface area contributed by atoms with Crippen LogP contribution in [-0.2, 0) is 27.9 Å². The molecule has 1 aliphatic carbocycles. The van der Waals surface area contributed by atoms with Gasteiger partial charge < -0.3 is 24.8 Å². The lowest BCUT2D eigenvalue weighted by Crippen LogP contribution is -2.42. The Morgan fingerprint density at radius 2 is 1.93 bits per heavy atom. The highest BCUT2D eigenvalue weighted by Gasteiger charge is 2.67. The van der Waals surface area contributed by atoms with Crippen LogP contribution in [0.5, 0.6) is 0 Å². The second-order valence-corrected chi connectivity index (χ2v) is 12.0. The number of carbonyl (C=O) groups is 2. The summed E-state index contributed by atoms with van der Waals surface area (Å²) in [6, 6.07) is -0.879. The molecule has 6 rings (SSSR count). The summed E-state index contributed by atoms with van der Waals surface area (Å²) in [6.45, 7) is 3.78. The van der Waals surface area contributed by atoms with E-state index in [1.54, 1.807) is 31.6 Å². The van der Waals surface area contributed by atoms with Crippen LogP contribution in [0.4, 0.5) is 10.3 Å². The highest BCUT2D eigenvalue weighted by atomic mass is 32.2.